The van der Waals surface area contributed by atoms with Gasteiger partial charge in [-0.05, 0) is 30.2 Å². The second-order valence-corrected chi connectivity index (χ2v) is 7.43. The summed E-state index contributed by atoms with van der Waals surface area (Å²) in [4.78, 5) is 31.5. The number of Topliss-reactive ketones (excluding diaryl/α,β-unsaturated/α-hetero) is 1. The van der Waals surface area contributed by atoms with Crippen molar-refractivity contribution < 1.29 is 22.7 Å². The van der Waals surface area contributed by atoms with Crippen molar-refractivity contribution in [2.24, 2.45) is 0 Å². The zero-order valence-corrected chi connectivity index (χ0v) is 14.2. The first-order valence-corrected chi connectivity index (χ1v) is 9.28. The van der Waals surface area contributed by atoms with Gasteiger partial charge in [-0.2, -0.15) is 0 Å². The van der Waals surface area contributed by atoms with E-state index in [1.165, 1.54) is 29.0 Å². The Morgan fingerprint density at radius 1 is 1.28 bits per heavy atom. The van der Waals surface area contributed by atoms with Crippen molar-refractivity contribution in [3.63, 3.8) is 0 Å². The lowest BCUT2D eigenvalue weighted by Gasteiger charge is -2.16. The highest BCUT2D eigenvalue weighted by Crippen LogP contribution is 2.30. The molecule has 0 unspecified atom stereocenters. The molecule has 8 nitrogen and oxygen atoms in total. The molecule has 25 heavy (non-hydrogen) atoms. The Morgan fingerprint density at radius 3 is 2.76 bits per heavy atom. The molecule has 0 fully saturated rings. The number of fused-ring (bicyclic) bond motifs is 1. The molecule has 0 saturated heterocycles. The van der Waals surface area contributed by atoms with Crippen LogP contribution in [0.4, 0.5) is 5.69 Å². The fourth-order valence-electron chi connectivity index (χ4n) is 2.58. The molecule has 0 bridgehead atoms. The topological polar surface area (TPSA) is 107 Å². The maximum Gasteiger partial charge on any atom is 0.358 e. The van der Waals surface area contributed by atoms with E-state index in [9.17, 15) is 18.0 Å². The van der Waals surface area contributed by atoms with Gasteiger partial charge in [0.15, 0.2) is 18.1 Å². The van der Waals surface area contributed by atoms with Crippen molar-refractivity contribution in [3.05, 3.63) is 53.6 Å². The lowest BCUT2D eigenvalue weighted by Crippen LogP contribution is -2.27. The van der Waals surface area contributed by atoms with E-state index >= 15 is 0 Å². The Kier molecular flexibility index (Phi) is 4.49. The Morgan fingerprint density at radius 2 is 2.08 bits per heavy atom. The van der Waals surface area contributed by atoms with Crippen molar-refractivity contribution in [3.8, 4) is 0 Å². The molecule has 9 heteroatoms. The maximum absolute atomic E-state index is 12.2. The first-order chi connectivity index (χ1) is 11.9. The quantitative estimate of drug-likeness (QED) is 0.574. The number of carbonyl (C=O) groups excluding carboxylic acids is 2. The van der Waals surface area contributed by atoms with E-state index in [1.54, 1.807) is 12.1 Å². The van der Waals surface area contributed by atoms with Crippen LogP contribution in [0.25, 0.3) is 0 Å². The lowest BCUT2D eigenvalue weighted by atomic mass is 10.1. The third kappa shape index (κ3) is 3.66. The molecule has 1 aromatic carbocycles. The summed E-state index contributed by atoms with van der Waals surface area (Å²) in [5.74, 6) is -1.11. The predicted molar refractivity (Wildman–Crippen MR) is 89.0 cm³/mol. The first-order valence-electron chi connectivity index (χ1n) is 7.43. The molecule has 0 aliphatic carbocycles. The Balaban J connectivity index is 1.69. The minimum atomic E-state index is -3.33. The van der Waals surface area contributed by atoms with Crippen LogP contribution in [0.15, 0.2) is 36.8 Å². The number of esters is 1. The predicted octanol–water partition coefficient (Wildman–Crippen LogP) is 0.838. The van der Waals surface area contributed by atoms with Crippen molar-refractivity contribution in [1.29, 1.82) is 0 Å². The zero-order chi connectivity index (χ0) is 18.0. The summed E-state index contributed by atoms with van der Waals surface area (Å²) in [5, 5.41) is 0. The van der Waals surface area contributed by atoms with Gasteiger partial charge in [0.1, 0.15) is 0 Å². The van der Waals surface area contributed by atoms with Gasteiger partial charge in [-0.25, -0.2) is 18.2 Å². The number of carbonyl (C=O) groups is 2. The molecule has 0 amide bonds. The van der Waals surface area contributed by atoms with Crippen LogP contribution in [0.1, 0.15) is 26.4 Å². The second kappa shape index (κ2) is 6.60. The molecule has 1 aliphatic heterocycles. The highest BCUT2D eigenvalue weighted by atomic mass is 32.2. The number of rotatable bonds is 5. The third-order valence-electron chi connectivity index (χ3n) is 3.76. The minimum Gasteiger partial charge on any atom is -0.453 e. The van der Waals surface area contributed by atoms with E-state index in [1.807, 2.05) is 0 Å². The number of aromatic nitrogens is 2. The van der Waals surface area contributed by atoms with Crippen LogP contribution in [0.2, 0.25) is 0 Å². The molecule has 0 N–H and O–H groups in total. The van der Waals surface area contributed by atoms with Crippen LogP contribution in [0.5, 0.6) is 0 Å². The van der Waals surface area contributed by atoms with Crippen LogP contribution in [-0.4, -0.2) is 49.5 Å². The summed E-state index contributed by atoms with van der Waals surface area (Å²) in [6.45, 7) is -0.0720. The fourth-order valence-corrected chi connectivity index (χ4v) is 3.54. The molecule has 1 aliphatic rings. The molecule has 0 spiro atoms. The van der Waals surface area contributed by atoms with Gasteiger partial charge in [-0.15, -0.1) is 0 Å². The van der Waals surface area contributed by atoms with E-state index in [-0.39, 0.29) is 11.5 Å². The smallest absolute Gasteiger partial charge is 0.358 e. The Hall–Kier alpha value is -2.81. The van der Waals surface area contributed by atoms with E-state index < -0.39 is 22.6 Å². The highest BCUT2D eigenvalue weighted by molar-refractivity contribution is 7.92. The number of anilines is 1. The zero-order valence-electron chi connectivity index (χ0n) is 13.4. The van der Waals surface area contributed by atoms with Gasteiger partial charge in [-0.3, -0.25) is 14.1 Å². The van der Waals surface area contributed by atoms with Crippen molar-refractivity contribution >= 4 is 27.5 Å². The molecule has 3 rings (SSSR count). The summed E-state index contributed by atoms with van der Waals surface area (Å²) >= 11 is 0. The summed E-state index contributed by atoms with van der Waals surface area (Å²) in [6.07, 6.45) is 5.71. The van der Waals surface area contributed by atoms with Gasteiger partial charge in [0.2, 0.25) is 10.0 Å². The standard InChI is InChI=1S/C16H15N3O5S/c1-25(22,23)19-7-4-11-8-12(2-3-14(11)19)15(20)10-24-16(21)13-9-17-5-6-18-13/h2-3,5-6,8-9H,4,7,10H2,1H3. The molecular formula is C16H15N3O5S. The molecule has 130 valence electrons. The Bertz CT molecular complexity index is 928. The molecule has 0 radical (unpaired) electrons. The molecule has 2 aromatic rings. The molecule has 0 atom stereocenters. The Labute approximate surface area is 144 Å². The summed E-state index contributed by atoms with van der Waals surface area (Å²) in [7, 11) is -3.33. The SMILES string of the molecule is CS(=O)(=O)N1CCc2cc(C(=O)COC(=O)c3cnccn3)ccc21. The fraction of sp³-hybridized carbons (Fsp3) is 0.250. The van der Waals surface area contributed by atoms with Crippen LogP contribution < -0.4 is 4.31 Å². The van der Waals surface area contributed by atoms with E-state index in [0.717, 1.165) is 11.8 Å². The summed E-state index contributed by atoms with van der Waals surface area (Å²) in [6, 6.07) is 4.76. The average Bonchev–Trinajstić information content (AvgIpc) is 3.03. The largest absolute Gasteiger partial charge is 0.453 e. The monoisotopic (exact) mass is 361 g/mol. The van der Waals surface area contributed by atoms with Gasteiger partial charge in [-0.1, -0.05) is 0 Å². The highest BCUT2D eigenvalue weighted by Gasteiger charge is 2.26. The van der Waals surface area contributed by atoms with Gasteiger partial charge >= 0.3 is 5.97 Å². The molecule has 1 aromatic heterocycles. The number of nitrogens with zero attached hydrogens (tertiary/aromatic N) is 3. The minimum absolute atomic E-state index is 0.0213. The maximum atomic E-state index is 12.2. The van der Waals surface area contributed by atoms with Crippen LogP contribution >= 0.6 is 0 Å². The van der Waals surface area contributed by atoms with Gasteiger partial charge in [0.25, 0.3) is 0 Å². The summed E-state index contributed by atoms with van der Waals surface area (Å²) < 4.78 is 29.7. The van der Waals surface area contributed by atoms with Crippen LogP contribution in [0, 0.1) is 0 Å². The van der Waals surface area contributed by atoms with Gasteiger partial charge < -0.3 is 4.74 Å². The number of hydrogen-bond acceptors (Lipinski definition) is 7. The summed E-state index contributed by atoms with van der Waals surface area (Å²) in [5.41, 5.74) is 1.74. The second-order valence-electron chi connectivity index (χ2n) is 5.52. The number of benzene rings is 1. The van der Waals surface area contributed by atoms with Gasteiger partial charge in [0, 0.05) is 24.5 Å². The number of ether oxygens (including phenoxy) is 1. The first kappa shape index (κ1) is 17.0. The number of sulfonamides is 1. The number of ketones is 1. The van der Waals surface area contributed by atoms with Crippen molar-refractivity contribution in [2.75, 3.05) is 23.7 Å². The van der Waals surface area contributed by atoms with E-state index in [0.29, 0.717) is 24.2 Å². The number of hydrogen-bond donors (Lipinski definition) is 0. The van der Waals surface area contributed by atoms with E-state index in [4.69, 9.17) is 4.74 Å². The van der Waals surface area contributed by atoms with Crippen molar-refractivity contribution in [2.45, 2.75) is 6.42 Å². The average molecular weight is 361 g/mol. The van der Waals surface area contributed by atoms with Crippen LogP contribution in [0.3, 0.4) is 0 Å². The normalized spacial score (nSPS) is 13.4. The molecule has 0 saturated carbocycles. The molecular weight excluding hydrogens is 346 g/mol. The lowest BCUT2D eigenvalue weighted by molar-refractivity contribution is 0.0468. The van der Waals surface area contributed by atoms with Gasteiger partial charge in [0.05, 0.1) is 18.1 Å². The van der Waals surface area contributed by atoms with Crippen LogP contribution in [-0.2, 0) is 21.2 Å². The van der Waals surface area contributed by atoms with E-state index in [2.05, 4.69) is 9.97 Å². The third-order valence-corrected chi connectivity index (χ3v) is 4.94. The van der Waals surface area contributed by atoms with Crippen molar-refractivity contribution in [1.82, 2.24) is 9.97 Å². The molecule has 2 heterocycles.